The highest BCUT2D eigenvalue weighted by Gasteiger charge is 2.07. The Labute approximate surface area is 137 Å². The number of amides is 1. The number of nitrogens with zero attached hydrogens (tertiary/aromatic N) is 3. The number of hydrogen-bond donors (Lipinski definition) is 1. The van der Waals surface area contributed by atoms with Crippen molar-refractivity contribution >= 4 is 5.91 Å². The van der Waals surface area contributed by atoms with E-state index in [0.29, 0.717) is 12.2 Å². The number of hydrogen-bond acceptors (Lipinski definition) is 4. The van der Waals surface area contributed by atoms with Gasteiger partial charge in [-0.05, 0) is 31.1 Å². The van der Waals surface area contributed by atoms with Crippen LogP contribution in [0.3, 0.4) is 0 Å². The molecule has 0 saturated heterocycles. The predicted octanol–water partition coefficient (Wildman–Crippen LogP) is 2.56. The van der Waals surface area contributed by atoms with Crippen LogP contribution in [0.2, 0.25) is 0 Å². The predicted molar refractivity (Wildman–Crippen MR) is 91.0 cm³/mol. The molecule has 5 nitrogen and oxygen atoms in total. The third kappa shape index (κ3) is 5.14. The SMILES string of the molecule is CCN(CC)Cc1ccc(CNC(=O)c2cnc(C)cn2)cc1. The van der Waals surface area contributed by atoms with Crippen molar-refractivity contribution in [2.24, 2.45) is 0 Å². The van der Waals surface area contributed by atoms with Gasteiger partial charge in [-0.25, -0.2) is 4.98 Å². The molecule has 122 valence electrons. The fourth-order valence-electron chi connectivity index (χ4n) is 2.25. The van der Waals surface area contributed by atoms with Crippen molar-refractivity contribution in [1.82, 2.24) is 20.2 Å². The van der Waals surface area contributed by atoms with Crippen LogP contribution in [0.1, 0.15) is 41.2 Å². The van der Waals surface area contributed by atoms with Gasteiger partial charge in [0.15, 0.2) is 0 Å². The van der Waals surface area contributed by atoms with Crippen LogP contribution in [0, 0.1) is 6.92 Å². The van der Waals surface area contributed by atoms with Gasteiger partial charge in [0.1, 0.15) is 5.69 Å². The van der Waals surface area contributed by atoms with E-state index in [9.17, 15) is 4.79 Å². The second-order valence-electron chi connectivity index (χ2n) is 5.50. The maximum Gasteiger partial charge on any atom is 0.271 e. The second-order valence-corrected chi connectivity index (χ2v) is 5.50. The van der Waals surface area contributed by atoms with Gasteiger partial charge in [-0.15, -0.1) is 0 Å². The van der Waals surface area contributed by atoms with Gasteiger partial charge in [0.2, 0.25) is 0 Å². The van der Waals surface area contributed by atoms with E-state index in [1.165, 1.54) is 11.8 Å². The van der Waals surface area contributed by atoms with Gasteiger partial charge in [0.05, 0.1) is 11.9 Å². The molecule has 0 radical (unpaired) electrons. The molecule has 2 rings (SSSR count). The Kier molecular flexibility index (Phi) is 6.23. The highest BCUT2D eigenvalue weighted by molar-refractivity contribution is 5.91. The van der Waals surface area contributed by atoms with Crippen molar-refractivity contribution < 1.29 is 4.79 Å². The summed E-state index contributed by atoms with van der Waals surface area (Å²) in [6.07, 6.45) is 3.09. The third-order valence-corrected chi connectivity index (χ3v) is 3.79. The summed E-state index contributed by atoms with van der Waals surface area (Å²) < 4.78 is 0. The van der Waals surface area contributed by atoms with Crippen molar-refractivity contribution in [1.29, 1.82) is 0 Å². The molecule has 0 aliphatic heterocycles. The van der Waals surface area contributed by atoms with Crippen molar-refractivity contribution in [2.45, 2.75) is 33.9 Å². The minimum absolute atomic E-state index is 0.204. The quantitative estimate of drug-likeness (QED) is 0.853. The van der Waals surface area contributed by atoms with Crippen LogP contribution in [0.4, 0.5) is 0 Å². The van der Waals surface area contributed by atoms with Gasteiger partial charge >= 0.3 is 0 Å². The molecule has 0 aliphatic carbocycles. The molecule has 1 aromatic heterocycles. The lowest BCUT2D eigenvalue weighted by molar-refractivity contribution is 0.0945. The zero-order valence-electron chi connectivity index (χ0n) is 14.0. The monoisotopic (exact) mass is 312 g/mol. The van der Waals surface area contributed by atoms with E-state index in [4.69, 9.17) is 0 Å². The number of aromatic nitrogens is 2. The second kappa shape index (κ2) is 8.39. The Morgan fingerprint density at radius 3 is 2.26 bits per heavy atom. The number of carbonyl (C=O) groups excluding carboxylic acids is 1. The maximum atomic E-state index is 12.0. The summed E-state index contributed by atoms with van der Waals surface area (Å²) in [6.45, 7) is 9.72. The third-order valence-electron chi connectivity index (χ3n) is 3.79. The zero-order valence-corrected chi connectivity index (χ0v) is 14.0. The normalized spacial score (nSPS) is 10.8. The summed E-state index contributed by atoms with van der Waals surface area (Å²) in [5, 5.41) is 2.87. The van der Waals surface area contributed by atoms with Gasteiger partial charge in [-0.1, -0.05) is 38.1 Å². The fourth-order valence-corrected chi connectivity index (χ4v) is 2.25. The van der Waals surface area contributed by atoms with Crippen molar-refractivity contribution in [3.8, 4) is 0 Å². The van der Waals surface area contributed by atoms with E-state index in [1.807, 2.05) is 6.92 Å². The van der Waals surface area contributed by atoms with Gasteiger partial charge in [0, 0.05) is 19.3 Å². The topological polar surface area (TPSA) is 58.1 Å². The molecule has 0 unspecified atom stereocenters. The first-order chi connectivity index (χ1) is 11.1. The van der Waals surface area contributed by atoms with Gasteiger partial charge in [-0.3, -0.25) is 14.7 Å². The van der Waals surface area contributed by atoms with Crippen LogP contribution >= 0.6 is 0 Å². The molecule has 1 amide bonds. The first-order valence-electron chi connectivity index (χ1n) is 7.99. The molecule has 0 fully saturated rings. The van der Waals surface area contributed by atoms with E-state index in [0.717, 1.165) is 30.9 Å². The molecule has 23 heavy (non-hydrogen) atoms. The number of carbonyl (C=O) groups is 1. The molecule has 1 heterocycles. The van der Waals surface area contributed by atoms with Crippen LogP contribution in [0.15, 0.2) is 36.7 Å². The lowest BCUT2D eigenvalue weighted by atomic mass is 10.1. The first kappa shape index (κ1) is 17.1. The molecule has 1 aromatic carbocycles. The Morgan fingerprint density at radius 1 is 1.04 bits per heavy atom. The fraction of sp³-hybridized carbons (Fsp3) is 0.389. The van der Waals surface area contributed by atoms with Crippen molar-refractivity contribution in [2.75, 3.05) is 13.1 Å². The van der Waals surface area contributed by atoms with E-state index >= 15 is 0 Å². The standard InChI is InChI=1S/C18H24N4O/c1-4-22(5-2)13-16-8-6-15(7-9-16)11-21-18(23)17-12-19-14(3)10-20-17/h6-10,12H,4-5,11,13H2,1-3H3,(H,21,23). The van der Waals surface area contributed by atoms with Crippen molar-refractivity contribution in [3.05, 3.63) is 59.2 Å². The number of aryl methyl sites for hydroxylation is 1. The molecule has 0 saturated carbocycles. The van der Waals surface area contributed by atoms with Crippen LogP contribution in [-0.2, 0) is 13.1 Å². The van der Waals surface area contributed by atoms with Gasteiger partial charge in [0.25, 0.3) is 5.91 Å². The molecule has 0 atom stereocenters. The summed E-state index contributed by atoms with van der Waals surface area (Å²) in [6, 6.07) is 8.34. The highest BCUT2D eigenvalue weighted by Crippen LogP contribution is 2.08. The molecule has 5 heteroatoms. The zero-order chi connectivity index (χ0) is 16.7. The molecule has 0 bridgehead atoms. The number of nitrogens with one attached hydrogen (secondary N) is 1. The largest absolute Gasteiger partial charge is 0.347 e. The minimum atomic E-state index is -0.204. The van der Waals surface area contributed by atoms with E-state index in [-0.39, 0.29) is 5.91 Å². The maximum absolute atomic E-state index is 12.0. The lowest BCUT2D eigenvalue weighted by Crippen LogP contribution is -2.24. The van der Waals surface area contributed by atoms with Gasteiger partial charge < -0.3 is 5.32 Å². The molecule has 0 aliphatic rings. The highest BCUT2D eigenvalue weighted by atomic mass is 16.1. The smallest absolute Gasteiger partial charge is 0.271 e. The van der Waals surface area contributed by atoms with Crippen molar-refractivity contribution in [3.63, 3.8) is 0 Å². The number of rotatable bonds is 7. The molecular weight excluding hydrogens is 288 g/mol. The molecule has 1 N–H and O–H groups in total. The van der Waals surface area contributed by atoms with Crippen LogP contribution in [0.25, 0.3) is 0 Å². The Bertz CT molecular complexity index is 618. The molecule has 0 spiro atoms. The van der Waals surface area contributed by atoms with Crippen LogP contribution in [-0.4, -0.2) is 33.9 Å². The Hall–Kier alpha value is -2.27. The summed E-state index contributed by atoms with van der Waals surface area (Å²) in [4.78, 5) is 22.5. The first-order valence-corrected chi connectivity index (χ1v) is 7.99. The summed E-state index contributed by atoms with van der Waals surface area (Å²) in [5.41, 5.74) is 3.49. The summed E-state index contributed by atoms with van der Waals surface area (Å²) in [7, 11) is 0. The van der Waals surface area contributed by atoms with E-state index in [2.05, 4.69) is 58.3 Å². The lowest BCUT2D eigenvalue weighted by Gasteiger charge is -2.18. The van der Waals surface area contributed by atoms with E-state index < -0.39 is 0 Å². The average Bonchev–Trinajstić information content (AvgIpc) is 2.59. The Morgan fingerprint density at radius 2 is 1.70 bits per heavy atom. The minimum Gasteiger partial charge on any atom is -0.347 e. The molecular formula is C18H24N4O. The van der Waals surface area contributed by atoms with Gasteiger partial charge in [-0.2, -0.15) is 0 Å². The van der Waals surface area contributed by atoms with Crippen LogP contribution < -0.4 is 5.32 Å². The van der Waals surface area contributed by atoms with E-state index in [1.54, 1.807) is 6.20 Å². The summed E-state index contributed by atoms with van der Waals surface area (Å²) in [5.74, 6) is -0.204. The number of benzene rings is 1. The average molecular weight is 312 g/mol. The summed E-state index contributed by atoms with van der Waals surface area (Å²) >= 11 is 0. The Balaban J connectivity index is 1.88. The van der Waals surface area contributed by atoms with Crippen LogP contribution in [0.5, 0.6) is 0 Å². The molecule has 2 aromatic rings.